The smallest absolute Gasteiger partial charge is 0.253 e. The van der Waals surface area contributed by atoms with Crippen molar-refractivity contribution < 1.29 is 8.78 Å². The lowest BCUT2D eigenvalue weighted by Crippen LogP contribution is -2.27. The summed E-state index contributed by atoms with van der Waals surface area (Å²) in [4.78, 5) is 15.6. The summed E-state index contributed by atoms with van der Waals surface area (Å²) in [7, 11) is 0. The fourth-order valence-electron chi connectivity index (χ4n) is 1.77. The number of benzene rings is 1. The van der Waals surface area contributed by atoms with Crippen LogP contribution in [-0.4, -0.2) is 9.55 Å². The molecule has 1 aromatic heterocycles. The fraction of sp³-hybridized carbons (Fsp3) is 0.231. The Morgan fingerprint density at radius 1 is 1.37 bits per heavy atom. The molecule has 0 spiro atoms. The van der Waals surface area contributed by atoms with Crippen LogP contribution in [0.5, 0.6) is 0 Å². The molecule has 100 valence electrons. The number of hydrogen-bond donors (Lipinski definition) is 1. The molecule has 0 amide bonds. The van der Waals surface area contributed by atoms with Crippen LogP contribution in [0.4, 0.5) is 8.78 Å². The molecule has 2 aromatic rings. The lowest BCUT2D eigenvalue weighted by molar-refractivity contribution is 0.510. The predicted molar refractivity (Wildman–Crippen MR) is 66.5 cm³/mol. The van der Waals surface area contributed by atoms with Crippen LogP contribution in [0.25, 0.3) is 0 Å². The van der Waals surface area contributed by atoms with Crippen molar-refractivity contribution in [2.45, 2.75) is 19.5 Å². The van der Waals surface area contributed by atoms with E-state index in [-0.39, 0.29) is 17.7 Å². The molecule has 1 aromatic carbocycles. The van der Waals surface area contributed by atoms with Crippen molar-refractivity contribution in [2.75, 3.05) is 0 Å². The molecule has 0 aliphatic heterocycles. The number of nitrogens with zero attached hydrogens (tertiary/aromatic N) is 2. The van der Waals surface area contributed by atoms with Gasteiger partial charge in [0.2, 0.25) is 0 Å². The summed E-state index contributed by atoms with van der Waals surface area (Å²) < 4.78 is 27.6. The third kappa shape index (κ3) is 3.03. The molecule has 0 radical (unpaired) electrons. The number of halogens is 2. The Hall–Kier alpha value is -2.08. The van der Waals surface area contributed by atoms with Crippen molar-refractivity contribution in [3.8, 4) is 0 Å². The van der Waals surface area contributed by atoms with Gasteiger partial charge in [-0.2, -0.15) is 0 Å². The van der Waals surface area contributed by atoms with Gasteiger partial charge in [-0.15, -0.1) is 0 Å². The van der Waals surface area contributed by atoms with Crippen LogP contribution in [-0.2, 0) is 6.54 Å². The molecule has 0 fully saturated rings. The van der Waals surface area contributed by atoms with Crippen LogP contribution in [0.3, 0.4) is 0 Å². The Morgan fingerprint density at radius 3 is 2.74 bits per heavy atom. The second kappa shape index (κ2) is 5.27. The first-order valence-corrected chi connectivity index (χ1v) is 5.71. The first-order chi connectivity index (χ1) is 8.97. The quantitative estimate of drug-likeness (QED) is 0.915. The molecule has 1 unspecified atom stereocenters. The highest BCUT2D eigenvalue weighted by Crippen LogP contribution is 2.17. The first kappa shape index (κ1) is 13.4. The molecule has 1 heterocycles. The largest absolute Gasteiger partial charge is 0.322 e. The molecule has 19 heavy (non-hydrogen) atoms. The zero-order chi connectivity index (χ0) is 14.0. The van der Waals surface area contributed by atoms with Gasteiger partial charge >= 0.3 is 0 Å². The van der Waals surface area contributed by atoms with Crippen molar-refractivity contribution >= 4 is 0 Å². The molecule has 0 aliphatic carbocycles. The van der Waals surface area contributed by atoms with Crippen LogP contribution >= 0.6 is 0 Å². The second-order valence-electron chi connectivity index (χ2n) is 4.29. The van der Waals surface area contributed by atoms with Gasteiger partial charge in [0.15, 0.2) is 0 Å². The Morgan fingerprint density at radius 2 is 2.11 bits per heavy atom. The highest BCUT2D eigenvalue weighted by Gasteiger charge is 2.13. The van der Waals surface area contributed by atoms with E-state index in [4.69, 9.17) is 5.73 Å². The molecule has 1 atom stereocenters. The summed E-state index contributed by atoms with van der Waals surface area (Å²) in [5.74, 6) is -1.39. The molecule has 0 saturated heterocycles. The van der Waals surface area contributed by atoms with Gasteiger partial charge in [-0.25, -0.2) is 13.8 Å². The molecule has 4 nitrogen and oxygen atoms in total. The second-order valence-corrected chi connectivity index (χ2v) is 4.29. The van der Waals surface area contributed by atoms with Gasteiger partial charge in [0.05, 0.1) is 12.4 Å². The summed E-state index contributed by atoms with van der Waals surface area (Å²) >= 11 is 0. The molecule has 2 N–H and O–H groups in total. The normalized spacial score (nSPS) is 12.4. The van der Waals surface area contributed by atoms with E-state index in [1.54, 1.807) is 6.92 Å². The number of nitrogens with two attached hydrogens (primary N) is 1. The van der Waals surface area contributed by atoms with E-state index in [2.05, 4.69) is 4.98 Å². The average molecular weight is 265 g/mol. The van der Waals surface area contributed by atoms with Crippen molar-refractivity contribution in [1.82, 2.24) is 9.55 Å². The van der Waals surface area contributed by atoms with E-state index >= 15 is 0 Å². The van der Waals surface area contributed by atoms with Crippen molar-refractivity contribution in [3.63, 3.8) is 0 Å². The maximum atomic E-state index is 13.5. The van der Waals surface area contributed by atoms with Crippen molar-refractivity contribution in [1.29, 1.82) is 0 Å². The SMILES string of the molecule is Cc1cc(=O)n(CC(N)c2ccc(F)cc2F)cn1. The summed E-state index contributed by atoms with van der Waals surface area (Å²) in [6, 6.07) is 3.80. The summed E-state index contributed by atoms with van der Waals surface area (Å²) in [5, 5.41) is 0. The third-order valence-electron chi connectivity index (χ3n) is 2.77. The summed E-state index contributed by atoms with van der Waals surface area (Å²) in [6.07, 6.45) is 1.36. The summed E-state index contributed by atoms with van der Waals surface area (Å²) in [6.45, 7) is 1.78. The van der Waals surface area contributed by atoms with Crippen LogP contribution in [0.2, 0.25) is 0 Å². The van der Waals surface area contributed by atoms with Crippen LogP contribution in [0, 0.1) is 18.6 Å². The number of hydrogen-bond acceptors (Lipinski definition) is 3. The predicted octanol–water partition coefficient (Wildman–Crippen LogP) is 1.53. The maximum absolute atomic E-state index is 13.5. The standard InChI is InChI=1S/C13H13F2N3O/c1-8-4-13(19)18(7-17-8)6-12(16)10-3-2-9(14)5-11(10)15/h2-5,7,12H,6,16H2,1H3. The van der Waals surface area contributed by atoms with E-state index in [9.17, 15) is 13.6 Å². The fourth-order valence-corrected chi connectivity index (χ4v) is 1.77. The Labute approximate surface area is 108 Å². The van der Waals surface area contributed by atoms with E-state index in [0.29, 0.717) is 5.69 Å². The number of aromatic nitrogens is 2. The van der Waals surface area contributed by atoms with Crippen molar-refractivity contribution in [3.05, 3.63) is 63.8 Å². The zero-order valence-corrected chi connectivity index (χ0v) is 10.3. The molecule has 6 heteroatoms. The number of aryl methyl sites for hydroxylation is 1. The zero-order valence-electron chi connectivity index (χ0n) is 10.3. The average Bonchev–Trinajstić information content (AvgIpc) is 2.32. The van der Waals surface area contributed by atoms with Gasteiger partial charge < -0.3 is 5.73 Å². The third-order valence-corrected chi connectivity index (χ3v) is 2.77. The van der Waals surface area contributed by atoms with Crippen LogP contribution < -0.4 is 11.3 Å². The molecular formula is C13H13F2N3O. The minimum Gasteiger partial charge on any atom is -0.322 e. The van der Waals surface area contributed by atoms with Gasteiger partial charge in [0, 0.05) is 29.9 Å². The Bertz CT molecular complexity index is 655. The van der Waals surface area contributed by atoms with Crippen molar-refractivity contribution in [2.24, 2.45) is 5.73 Å². The van der Waals surface area contributed by atoms with E-state index in [1.807, 2.05) is 0 Å². The van der Waals surface area contributed by atoms with Gasteiger partial charge in [-0.1, -0.05) is 6.07 Å². The van der Waals surface area contributed by atoms with E-state index in [0.717, 1.165) is 12.1 Å². The minimum atomic E-state index is -0.747. The molecule has 2 rings (SSSR count). The molecule has 0 aliphatic rings. The lowest BCUT2D eigenvalue weighted by atomic mass is 10.1. The van der Waals surface area contributed by atoms with E-state index < -0.39 is 17.7 Å². The molecule has 0 saturated carbocycles. The van der Waals surface area contributed by atoms with Gasteiger partial charge in [-0.05, 0) is 13.0 Å². The first-order valence-electron chi connectivity index (χ1n) is 5.71. The van der Waals surface area contributed by atoms with Crippen LogP contribution in [0.15, 0.2) is 35.4 Å². The monoisotopic (exact) mass is 265 g/mol. The van der Waals surface area contributed by atoms with Crippen LogP contribution in [0.1, 0.15) is 17.3 Å². The highest BCUT2D eigenvalue weighted by atomic mass is 19.1. The van der Waals surface area contributed by atoms with Gasteiger partial charge in [-0.3, -0.25) is 9.36 Å². The Balaban J connectivity index is 2.25. The minimum absolute atomic E-state index is 0.0780. The Kier molecular flexibility index (Phi) is 3.71. The highest BCUT2D eigenvalue weighted by molar-refractivity contribution is 5.21. The molecule has 0 bridgehead atoms. The summed E-state index contributed by atoms with van der Waals surface area (Å²) in [5.41, 5.74) is 6.34. The van der Waals surface area contributed by atoms with Gasteiger partial charge in [0.1, 0.15) is 11.6 Å². The number of rotatable bonds is 3. The maximum Gasteiger partial charge on any atom is 0.253 e. The topological polar surface area (TPSA) is 60.9 Å². The lowest BCUT2D eigenvalue weighted by Gasteiger charge is -2.14. The van der Waals surface area contributed by atoms with Gasteiger partial charge in [0.25, 0.3) is 5.56 Å². The van der Waals surface area contributed by atoms with E-state index in [1.165, 1.54) is 23.0 Å². The molecular weight excluding hydrogens is 252 g/mol.